The number of anilines is 2. The fourth-order valence-corrected chi connectivity index (χ4v) is 4.91. The molecule has 5 N–H and O–H groups in total. The molecule has 212 valence electrons. The van der Waals surface area contributed by atoms with Crippen LogP contribution in [0, 0.1) is 6.92 Å². The van der Waals surface area contributed by atoms with Gasteiger partial charge in [-0.05, 0) is 69.2 Å². The quantitative estimate of drug-likeness (QED) is 0.173. The maximum Gasteiger partial charge on any atom is 0.337 e. The van der Waals surface area contributed by atoms with Crippen LogP contribution in [-0.4, -0.2) is 53.8 Å². The summed E-state index contributed by atoms with van der Waals surface area (Å²) in [6, 6.07) is 11.9. The number of primary amides is 1. The number of unbranched alkanes of at least 4 members (excludes halogenated alkanes) is 1. The summed E-state index contributed by atoms with van der Waals surface area (Å²) in [5.41, 5.74) is 16.3. The molecule has 41 heavy (non-hydrogen) atoms. The average Bonchev–Trinajstić information content (AvgIpc) is 3.61. The monoisotopic (exact) mass is 557 g/mol. The average molecular weight is 558 g/mol. The first-order valence-corrected chi connectivity index (χ1v) is 13.2. The predicted molar refractivity (Wildman–Crippen MR) is 154 cm³/mol. The third-order valence-corrected chi connectivity index (χ3v) is 6.90. The Morgan fingerprint density at radius 3 is 2.24 bits per heavy atom. The van der Waals surface area contributed by atoms with Crippen LogP contribution in [0.15, 0.2) is 42.5 Å². The lowest BCUT2D eigenvalue weighted by molar-refractivity contribution is 0.0600. The Kier molecular flexibility index (Phi) is 7.42. The van der Waals surface area contributed by atoms with Crippen LogP contribution in [0.5, 0.6) is 0 Å². The van der Waals surface area contributed by atoms with Crippen molar-refractivity contribution in [1.82, 2.24) is 28.9 Å². The van der Waals surface area contributed by atoms with E-state index < -0.39 is 11.9 Å². The summed E-state index contributed by atoms with van der Waals surface area (Å²) in [6.07, 6.45) is 1.46. The smallest absolute Gasteiger partial charge is 0.337 e. The Morgan fingerprint density at radius 1 is 0.927 bits per heavy atom. The maximum atomic E-state index is 13.2. The van der Waals surface area contributed by atoms with Crippen LogP contribution in [0.1, 0.15) is 56.7 Å². The van der Waals surface area contributed by atoms with Gasteiger partial charge in [-0.3, -0.25) is 19.6 Å². The third-order valence-electron chi connectivity index (χ3n) is 6.90. The maximum absolute atomic E-state index is 13.2. The lowest BCUT2D eigenvalue weighted by Crippen LogP contribution is -2.20. The first kappa shape index (κ1) is 27.4. The molecule has 3 aromatic heterocycles. The Hall–Kier alpha value is -5.20. The molecule has 2 amide bonds. The molecule has 0 fully saturated rings. The summed E-state index contributed by atoms with van der Waals surface area (Å²) in [6.45, 7) is 5.42. The van der Waals surface area contributed by atoms with E-state index in [1.54, 1.807) is 47.1 Å². The van der Waals surface area contributed by atoms with Crippen molar-refractivity contribution in [2.45, 2.75) is 46.3 Å². The molecule has 0 aliphatic rings. The highest BCUT2D eigenvalue weighted by atomic mass is 16.5. The zero-order valence-corrected chi connectivity index (χ0v) is 23.0. The number of methoxy groups -OCH3 is 1. The molecule has 0 saturated heterocycles. The molecule has 0 radical (unpaired) electrons. The molecule has 5 aromatic rings. The van der Waals surface area contributed by atoms with Gasteiger partial charge in [-0.25, -0.2) is 14.8 Å². The number of carbonyl (C=O) groups is 3. The molecule has 0 bridgehead atoms. The van der Waals surface area contributed by atoms with Gasteiger partial charge in [0.15, 0.2) is 0 Å². The first-order chi connectivity index (χ1) is 19.7. The number of hydrogen-bond acceptors (Lipinski definition) is 8. The van der Waals surface area contributed by atoms with Crippen molar-refractivity contribution in [3.05, 3.63) is 65.0 Å². The van der Waals surface area contributed by atoms with Gasteiger partial charge in [0.05, 0.1) is 40.4 Å². The standard InChI is InChI=1S/C28H31N9O4/c1-4-37-23(13-16(2)34-37)25(39)33-28-32-20-14-17(24(29)38)7-9-22(20)36(28)12-6-5-11-35-21-10-8-18(26(40)41-3)15-19(21)31-27(35)30/h7-10,13-15H,4-6,11-12H2,1-3H3,(H2,29,38)(H2,30,31)(H,32,33,39). The zero-order valence-electron chi connectivity index (χ0n) is 23.0. The van der Waals surface area contributed by atoms with E-state index in [4.69, 9.17) is 16.2 Å². The topological polar surface area (TPSA) is 178 Å². The van der Waals surface area contributed by atoms with E-state index in [1.165, 1.54) is 7.11 Å². The predicted octanol–water partition coefficient (Wildman–Crippen LogP) is 3.11. The number of amides is 2. The molecule has 13 nitrogen and oxygen atoms in total. The van der Waals surface area contributed by atoms with E-state index >= 15 is 0 Å². The molecule has 0 aliphatic heterocycles. The van der Waals surface area contributed by atoms with Gasteiger partial charge in [0, 0.05) is 25.2 Å². The number of nitrogens with zero attached hydrogens (tertiary/aromatic N) is 6. The zero-order chi connectivity index (χ0) is 29.3. The van der Waals surface area contributed by atoms with E-state index in [1.807, 2.05) is 23.0 Å². The first-order valence-electron chi connectivity index (χ1n) is 13.2. The number of imidazole rings is 2. The number of nitrogens with one attached hydrogen (secondary N) is 1. The number of aromatic nitrogens is 6. The minimum Gasteiger partial charge on any atom is -0.465 e. The molecule has 13 heteroatoms. The number of nitrogen functional groups attached to an aromatic ring is 1. The molecule has 0 unspecified atom stereocenters. The number of ether oxygens (including phenoxy) is 1. The number of rotatable bonds is 10. The number of hydrogen-bond donors (Lipinski definition) is 3. The molecule has 0 spiro atoms. The van der Waals surface area contributed by atoms with E-state index in [0.717, 1.165) is 29.6 Å². The molecule has 5 rings (SSSR count). The Bertz CT molecular complexity index is 1800. The van der Waals surface area contributed by atoms with Crippen molar-refractivity contribution in [3.63, 3.8) is 0 Å². The lowest BCUT2D eigenvalue weighted by atomic mass is 10.2. The highest BCUT2D eigenvalue weighted by Crippen LogP contribution is 2.24. The van der Waals surface area contributed by atoms with Crippen LogP contribution in [-0.2, 0) is 24.4 Å². The second-order valence-corrected chi connectivity index (χ2v) is 9.62. The van der Waals surface area contributed by atoms with Crippen LogP contribution < -0.4 is 16.8 Å². The fraction of sp³-hybridized carbons (Fsp3) is 0.286. The number of fused-ring (bicyclic) bond motifs is 2. The molecule has 0 aliphatic carbocycles. The van der Waals surface area contributed by atoms with E-state index in [9.17, 15) is 14.4 Å². The number of nitrogens with two attached hydrogens (primary N) is 2. The van der Waals surface area contributed by atoms with E-state index in [-0.39, 0.29) is 5.91 Å². The van der Waals surface area contributed by atoms with Crippen molar-refractivity contribution >= 4 is 51.7 Å². The van der Waals surface area contributed by atoms with Crippen molar-refractivity contribution in [1.29, 1.82) is 0 Å². The summed E-state index contributed by atoms with van der Waals surface area (Å²) in [5, 5.41) is 7.28. The van der Waals surface area contributed by atoms with Crippen molar-refractivity contribution in [2.24, 2.45) is 5.73 Å². The highest BCUT2D eigenvalue weighted by Gasteiger charge is 2.19. The Labute approximate surface area is 235 Å². The summed E-state index contributed by atoms with van der Waals surface area (Å²) < 4.78 is 10.2. The van der Waals surface area contributed by atoms with Crippen molar-refractivity contribution in [2.75, 3.05) is 18.2 Å². The summed E-state index contributed by atoms with van der Waals surface area (Å²) in [4.78, 5) is 45.8. The molecule has 0 atom stereocenters. The van der Waals surface area contributed by atoms with Gasteiger partial charge in [-0.15, -0.1) is 0 Å². The summed E-state index contributed by atoms with van der Waals surface area (Å²) in [5.74, 6) is -0.616. The SMILES string of the molecule is CCn1nc(C)cc1C(=O)Nc1nc2cc(C(N)=O)ccc2n1CCCCn1c(N)nc2cc(C(=O)OC)ccc21. The highest BCUT2D eigenvalue weighted by molar-refractivity contribution is 6.03. The van der Waals surface area contributed by atoms with E-state index in [0.29, 0.717) is 59.4 Å². The third kappa shape index (κ3) is 5.33. The van der Waals surface area contributed by atoms with Crippen LogP contribution >= 0.6 is 0 Å². The largest absolute Gasteiger partial charge is 0.465 e. The van der Waals surface area contributed by atoms with Crippen LogP contribution in [0.25, 0.3) is 22.1 Å². The number of aryl methyl sites for hydroxylation is 4. The van der Waals surface area contributed by atoms with Gasteiger partial charge in [0.2, 0.25) is 17.8 Å². The summed E-state index contributed by atoms with van der Waals surface area (Å²) >= 11 is 0. The van der Waals surface area contributed by atoms with Gasteiger partial charge in [-0.2, -0.15) is 5.10 Å². The van der Waals surface area contributed by atoms with Crippen molar-refractivity contribution in [3.8, 4) is 0 Å². The second kappa shape index (κ2) is 11.1. The number of esters is 1. The van der Waals surface area contributed by atoms with Crippen LogP contribution in [0.3, 0.4) is 0 Å². The number of carbonyl (C=O) groups excluding carboxylic acids is 3. The lowest BCUT2D eigenvalue weighted by Gasteiger charge is -2.12. The molecule has 3 heterocycles. The fourth-order valence-electron chi connectivity index (χ4n) is 4.91. The molecular weight excluding hydrogens is 526 g/mol. The van der Waals surface area contributed by atoms with Gasteiger partial charge >= 0.3 is 5.97 Å². The number of benzene rings is 2. The minimum absolute atomic E-state index is 0.330. The minimum atomic E-state index is -0.557. The van der Waals surface area contributed by atoms with Gasteiger partial charge in [-0.1, -0.05) is 0 Å². The summed E-state index contributed by atoms with van der Waals surface area (Å²) in [7, 11) is 1.33. The molecule has 0 saturated carbocycles. The Balaban J connectivity index is 1.37. The van der Waals surface area contributed by atoms with Gasteiger partial charge in [0.1, 0.15) is 5.69 Å². The van der Waals surface area contributed by atoms with E-state index in [2.05, 4.69) is 20.4 Å². The van der Waals surface area contributed by atoms with Gasteiger partial charge in [0.25, 0.3) is 5.91 Å². The van der Waals surface area contributed by atoms with Crippen LogP contribution in [0.2, 0.25) is 0 Å². The normalized spacial score (nSPS) is 11.3. The van der Waals surface area contributed by atoms with Gasteiger partial charge < -0.3 is 25.3 Å². The second-order valence-electron chi connectivity index (χ2n) is 9.62. The van der Waals surface area contributed by atoms with Crippen LogP contribution in [0.4, 0.5) is 11.9 Å². The van der Waals surface area contributed by atoms with Crippen molar-refractivity contribution < 1.29 is 19.1 Å². The Morgan fingerprint density at radius 2 is 1.56 bits per heavy atom. The molecular formula is C28H31N9O4. The molecule has 2 aromatic carbocycles.